The minimum absolute atomic E-state index is 0.0154. The second-order valence-electron chi connectivity index (χ2n) is 12.1. The molecule has 0 spiro atoms. The van der Waals surface area contributed by atoms with Crippen molar-refractivity contribution in [2.45, 2.75) is 108 Å². The molecule has 1 aliphatic carbocycles. The molecule has 0 unspecified atom stereocenters. The van der Waals surface area contributed by atoms with Gasteiger partial charge in [0.1, 0.15) is 12.1 Å². The third-order valence-electron chi connectivity index (χ3n) is 8.14. The van der Waals surface area contributed by atoms with E-state index in [9.17, 15) is 24.6 Å². The van der Waals surface area contributed by atoms with Crippen LogP contribution in [0.2, 0.25) is 0 Å². The van der Waals surface area contributed by atoms with Crippen LogP contribution < -0.4 is 21.7 Å². The molecule has 0 bridgehead atoms. The number of nitrogens with zero attached hydrogens (tertiary/aromatic N) is 1. The van der Waals surface area contributed by atoms with Crippen molar-refractivity contribution in [3.8, 4) is 0 Å². The standard InChI is InChI=1S/C30H49N5O5/c1-30(2,40)27(37)24(19-21-9-5-3-6-10-21)33-26(36)13-16-32-28(38)25(20-22-11-7-4-8-12-22)34-29(39)35-17-14-23(31)15-18-35/h4,7-8,11-12,21,23-25,27,37,40H,3,5-6,9-10,13-20,31H2,1-2H3,(H,32,38)(H,33,36)(H,34,39)/t24-,25-,27-/m0/s1. The van der Waals surface area contributed by atoms with Gasteiger partial charge in [0.15, 0.2) is 0 Å². The topological polar surface area (TPSA) is 157 Å². The molecule has 40 heavy (non-hydrogen) atoms. The predicted molar refractivity (Wildman–Crippen MR) is 154 cm³/mol. The van der Waals surface area contributed by atoms with E-state index >= 15 is 0 Å². The van der Waals surface area contributed by atoms with Gasteiger partial charge in [-0.25, -0.2) is 4.79 Å². The molecule has 0 radical (unpaired) electrons. The smallest absolute Gasteiger partial charge is 0.318 e. The number of rotatable bonds is 12. The molecule has 3 atom stereocenters. The summed E-state index contributed by atoms with van der Waals surface area (Å²) in [7, 11) is 0. The predicted octanol–water partition coefficient (Wildman–Crippen LogP) is 1.82. The molecule has 10 nitrogen and oxygen atoms in total. The average Bonchev–Trinajstić information content (AvgIpc) is 2.92. The highest BCUT2D eigenvalue weighted by Gasteiger charge is 2.35. The van der Waals surface area contributed by atoms with Gasteiger partial charge in [0.2, 0.25) is 11.8 Å². The number of aliphatic hydroxyl groups is 2. The number of hydrogen-bond acceptors (Lipinski definition) is 6. The zero-order valence-electron chi connectivity index (χ0n) is 24.1. The molecule has 224 valence electrons. The van der Waals surface area contributed by atoms with Gasteiger partial charge >= 0.3 is 6.03 Å². The monoisotopic (exact) mass is 559 g/mol. The highest BCUT2D eigenvalue weighted by molar-refractivity contribution is 5.87. The van der Waals surface area contributed by atoms with Gasteiger partial charge in [-0.15, -0.1) is 0 Å². The lowest BCUT2D eigenvalue weighted by Crippen LogP contribution is -2.55. The van der Waals surface area contributed by atoms with Gasteiger partial charge in [-0.2, -0.15) is 0 Å². The Labute approximate surface area is 238 Å². The molecule has 4 amide bonds. The highest BCUT2D eigenvalue weighted by Crippen LogP contribution is 2.29. The van der Waals surface area contributed by atoms with Crippen LogP contribution in [0.15, 0.2) is 30.3 Å². The van der Waals surface area contributed by atoms with Crippen molar-refractivity contribution in [3.05, 3.63) is 35.9 Å². The third-order valence-corrected chi connectivity index (χ3v) is 8.14. The second-order valence-corrected chi connectivity index (χ2v) is 12.1. The zero-order chi connectivity index (χ0) is 29.1. The fourth-order valence-corrected chi connectivity index (χ4v) is 5.64. The number of nitrogens with two attached hydrogens (primary N) is 1. The minimum atomic E-state index is -1.36. The van der Waals surface area contributed by atoms with Crippen LogP contribution >= 0.6 is 0 Å². The summed E-state index contributed by atoms with van der Waals surface area (Å²) in [6.07, 6.45) is 6.88. The van der Waals surface area contributed by atoms with E-state index < -0.39 is 23.8 Å². The number of nitrogens with one attached hydrogen (secondary N) is 3. The molecule has 1 aromatic rings. The summed E-state index contributed by atoms with van der Waals surface area (Å²) in [5.74, 6) is -0.277. The number of carbonyl (C=O) groups is 3. The molecule has 1 saturated carbocycles. The fraction of sp³-hybridized carbons (Fsp3) is 0.700. The molecular formula is C30H49N5O5. The molecule has 1 heterocycles. The van der Waals surface area contributed by atoms with E-state index in [1.165, 1.54) is 20.3 Å². The van der Waals surface area contributed by atoms with Crippen molar-refractivity contribution in [1.82, 2.24) is 20.9 Å². The van der Waals surface area contributed by atoms with E-state index in [0.29, 0.717) is 31.8 Å². The first-order valence-electron chi connectivity index (χ1n) is 14.9. The van der Waals surface area contributed by atoms with Crippen LogP contribution in [0.4, 0.5) is 4.79 Å². The average molecular weight is 560 g/mol. The van der Waals surface area contributed by atoms with Crippen LogP contribution in [0.1, 0.15) is 77.2 Å². The summed E-state index contributed by atoms with van der Waals surface area (Å²) in [4.78, 5) is 40.6. The molecule has 2 fully saturated rings. The molecule has 2 aliphatic rings. The quantitative estimate of drug-likeness (QED) is 0.229. The van der Waals surface area contributed by atoms with E-state index in [0.717, 1.165) is 44.1 Å². The Bertz CT molecular complexity index is 940. The Morgan fingerprint density at radius 2 is 1.68 bits per heavy atom. The number of benzene rings is 1. The van der Waals surface area contributed by atoms with Gasteiger partial charge in [0.05, 0.1) is 11.6 Å². The lowest BCUT2D eigenvalue weighted by atomic mass is 9.81. The molecule has 1 aromatic carbocycles. The van der Waals surface area contributed by atoms with Crippen LogP contribution in [0.25, 0.3) is 0 Å². The molecular weight excluding hydrogens is 510 g/mol. The molecule has 10 heteroatoms. The van der Waals surface area contributed by atoms with Gasteiger partial charge in [0, 0.05) is 38.5 Å². The molecule has 3 rings (SSSR count). The van der Waals surface area contributed by atoms with Gasteiger partial charge in [-0.05, 0) is 44.6 Å². The Kier molecular flexibility index (Phi) is 12.2. The molecule has 0 aromatic heterocycles. The highest BCUT2D eigenvalue weighted by atomic mass is 16.3. The van der Waals surface area contributed by atoms with Crippen LogP contribution in [0.5, 0.6) is 0 Å². The lowest BCUT2D eigenvalue weighted by Gasteiger charge is -2.35. The largest absolute Gasteiger partial charge is 0.388 e. The first-order valence-corrected chi connectivity index (χ1v) is 14.9. The van der Waals surface area contributed by atoms with Crippen molar-refractivity contribution >= 4 is 17.8 Å². The van der Waals surface area contributed by atoms with Crippen LogP contribution in [0.3, 0.4) is 0 Å². The second kappa shape index (κ2) is 15.3. The fourth-order valence-electron chi connectivity index (χ4n) is 5.64. The van der Waals surface area contributed by atoms with E-state index in [1.807, 2.05) is 30.3 Å². The number of amides is 4. The SMILES string of the molecule is CC(C)(O)[C@@H](O)[C@H](CC1CCCCC1)NC(=O)CCNC(=O)[C@H](Cc1ccccc1)NC(=O)N1CCC(N)CC1. The summed E-state index contributed by atoms with van der Waals surface area (Å²) in [5.41, 5.74) is 5.51. The van der Waals surface area contributed by atoms with E-state index in [4.69, 9.17) is 5.73 Å². The van der Waals surface area contributed by atoms with Crippen molar-refractivity contribution in [2.75, 3.05) is 19.6 Å². The van der Waals surface area contributed by atoms with Gasteiger partial charge in [-0.3, -0.25) is 9.59 Å². The third kappa shape index (κ3) is 10.4. The van der Waals surface area contributed by atoms with Crippen LogP contribution in [0, 0.1) is 5.92 Å². The van der Waals surface area contributed by atoms with Crippen molar-refractivity contribution < 1.29 is 24.6 Å². The van der Waals surface area contributed by atoms with Gasteiger partial charge in [-0.1, -0.05) is 62.4 Å². The van der Waals surface area contributed by atoms with E-state index in [-0.39, 0.29) is 36.9 Å². The maximum atomic E-state index is 13.2. The summed E-state index contributed by atoms with van der Waals surface area (Å²) in [6.45, 7) is 4.25. The Morgan fingerprint density at radius 1 is 1.02 bits per heavy atom. The summed E-state index contributed by atoms with van der Waals surface area (Å²) in [5, 5.41) is 29.8. The Morgan fingerprint density at radius 3 is 2.30 bits per heavy atom. The van der Waals surface area contributed by atoms with Crippen molar-refractivity contribution in [3.63, 3.8) is 0 Å². The molecule has 1 aliphatic heterocycles. The van der Waals surface area contributed by atoms with Gasteiger partial charge in [0.25, 0.3) is 0 Å². The maximum Gasteiger partial charge on any atom is 0.318 e. The maximum absolute atomic E-state index is 13.2. The molecule has 1 saturated heterocycles. The number of hydrogen-bond donors (Lipinski definition) is 6. The summed E-state index contributed by atoms with van der Waals surface area (Å²) < 4.78 is 0. The number of carbonyl (C=O) groups excluding carboxylic acids is 3. The summed E-state index contributed by atoms with van der Waals surface area (Å²) >= 11 is 0. The van der Waals surface area contributed by atoms with Crippen LogP contribution in [-0.2, 0) is 16.0 Å². The number of urea groups is 1. The Hall–Kier alpha value is -2.69. The number of piperidine rings is 1. The van der Waals surface area contributed by atoms with Gasteiger partial charge < -0.3 is 36.8 Å². The van der Waals surface area contributed by atoms with E-state index in [2.05, 4.69) is 16.0 Å². The van der Waals surface area contributed by atoms with Crippen LogP contribution in [-0.4, -0.2) is 82.4 Å². The minimum Gasteiger partial charge on any atom is -0.388 e. The lowest BCUT2D eigenvalue weighted by molar-refractivity contribution is -0.126. The Balaban J connectivity index is 1.55. The zero-order valence-corrected chi connectivity index (χ0v) is 24.1. The van der Waals surface area contributed by atoms with Crippen molar-refractivity contribution in [1.29, 1.82) is 0 Å². The van der Waals surface area contributed by atoms with Crippen molar-refractivity contribution in [2.24, 2.45) is 11.7 Å². The molecule has 7 N–H and O–H groups in total. The first-order chi connectivity index (χ1) is 19.0. The summed E-state index contributed by atoms with van der Waals surface area (Å²) in [6, 6.07) is 7.88. The normalized spacial score (nSPS) is 19.4. The number of aliphatic hydroxyl groups excluding tert-OH is 1. The van der Waals surface area contributed by atoms with E-state index in [1.54, 1.807) is 4.90 Å². The number of likely N-dealkylation sites (tertiary alicyclic amines) is 1. The first kappa shape index (κ1) is 31.8.